The number of carbonyl (C=O) groups is 1. The van der Waals surface area contributed by atoms with Crippen molar-refractivity contribution in [3.8, 4) is 0 Å². The summed E-state index contributed by atoms with van der Waals surface area (Å²) in [6.45, 7) is 7.89. The van der Waals surface area contributed by atoms with Gasteiger partial charge < -0.3 is 4.90 Å². The van der Waals surface area contributed by atoms with Gasteiger partial charge in [-0.05, 0) is 70.2 Å². The van der Waals surface area contributed by atoms with Gasteiger partial charge in [-0.15, -0.1) is 0 Å². The predicted molar refractivity (Wildman–Crippen MR) is 115 cm³/mol. The molecule has 2 aliphatic rings. The Hall–Kier alpha value is -1.44. The van der Waals surface area contributed by atoms with Crippen molar-refractivity contribution in [3.63, 3.8) is 0 Å². The fourth-order valence-corrected chi connectivity index (χ4v) is 5.61. The number of nitrogens with one attached hydrogen (secondary N) is 1. The molecule has 2 atom stereocenters. The van der Waals surface area contributed by atoms with E-state index in [1.54, 1.807) is 12.1 Å². The third kappa shape index (κ3) is 5.80. The lowest BCUT2D eigenvalue weighted by atomic mass is 9.95. The fraction of sp³-hybridized carbons (Fsp3) is 0.682. The number of hydrogen-bond acceptors (Lipinski definition) is 4. The van der Waals surface area contributed by atoms with E-state index in [0.29, 0.717) is 18.0 Å². The zero-order valence-corrected chi connectivity index (χ0v) is 18.6. The molecule has 0 aliphatic carbocycles. The van der Waals surface area contributed by atoms with E-state index in [-0.39, 0.29) is 17.9 Å². The highest BCUT2D eigenvalue weighted by Gasteiger charge is 2.33. The summed E-state index contributed by atoms with van der Waals surface area (Å²) in [6, 6.07) is 6.90. The molecule has 1 aromatic carbocycles. The van der Waals surface area contributed by atoms with E-state index in [1.807, 2.05) is 24.0 Å². The maximum absolute atomic E-state index is 13.2. The summed E-state index contributed by atoms with van der Waals surface area (Å²) >= 11 is 0. The van der Waals surface area contributed by atoms with Gasteiger partial charge in [-0.3, -0.25) is 9.69 Å². The minimum absolute atomic E-state index is 0.00620. The van der Waals surface area contributed by atoms with Gasteiger partial charge in [0.2, 0.25) is 15.9 Å². The molecule has 0 saturated carbocycles. The highest BCUT2D eigenvalue weighted by Crippen LogP contribution is 2.23. The molecule has 2 heterocycles. The van der Waals surface area contributed by atoms with Crippen LogP contribution < -0.4 is 4.72 Å². The van der Waals surface area contributed by atoms with Crippen LogP contribution in [0.1, 0.15) is 51.0 Å². The van der Waals surface area contributed by atoms with Crippen LogP contribution >= 0.6 is 0 Å². The summed E-state index contributed by atoms with van der Waals surface area (Å²) in [5, 5.41) is 0. The third-order valence-corrected chi connectivity index (χ3v) is 7.57. The number of likely N-dealkylation sites (tertiary alicyclic amines) is 2. The van der Waals surface area contributed by atoms with Crippen molar-refractivity contribution in [1.82, 2.24) is 14.5 Å². The molecule has 3 rings (SSSR count). The Morgan fingerprint density at radius 2 is 1.86 bits per heavy atom. The van der Waals surface area contributed by atoms with E-state index in [2.05, 4.69) is 16.5 Å². The van der Waals surface area contributed by atoms with Crippen LogP contribution in [0.15, 0.2) is 29.2 Å². The molecule has 2 aliphatic heterocycles. The van der Waals surface area contributed by atoms with E-state index < -0.39 is 10.0 Å². The molecule has 162 valence electrons. The van der Waals surface area contributed by atoms with Gasteiger partial charge in [0.15, 0.2) is 0 Å². The number of aryl methyl sites for hydroxylation is 1. The Kier molecular flexibility index (Phi) is 7.71. The number of carbonyl (C=O) groups excluding carboxylic acids is 1. The van der Waals surface area contributed by atoms with Crippen LogP contribution in [-0.2, 0) is 14.8 Å². The summed E-state index contributed by atoms with van der Waals surface area (Å²) in [5.74, 6) is 0.403. The second-order valence-corrected chi connectivity index (χ2v) is 10.3. The molecule has 0 aromatic heterocycles. The maximum atomic E-state index is 13.2. The lowest BCUT2D eigenvalue weighted by molar-refractivity contribution is -0.140. The second-order valence-electron chi connectivity index (χ2n) is 8.51. The highest BCUT2D eigenvalue weighted by atomic mass is 32.2. The Morgan fingerprint density at radius 3 is 2.59 bits per heavy atom. The first-order valence-corrected chi connectivity index (χ1v) is 12.5. The smallest absolute Gasteiger partial charge is 0.240 e. The molecule has 1 N–H and O–H groups in total. The second kappa shape index (κ2) is 10.0. The number of rotatable bonds is 7. The zero-order chi connectivity index (χ0) is 20.9. The number of piperidine rings is 2. The van der Waals surface area contributed by atoms with Crippen molar-refractivity contribution in [2.75, 3.05) is 32.7 Å². The molecule has 0 radical (unpaired) electrons. The van der Waals surface area contributed by atoms with Crippen LogP contribution in [0.25, 0.3) is 0 Å². The maximum Gasteiger partial charge on any atom is 0.240 e. The van der Waals surface area contributed by atoms with E-state index >= 15 is 0 Å². The number of sulfonamides is 1. The number of amides is 1. The lowest BCUT2D eigenvalue weighted by Gasteiger charge is -2.40. The summed E-state index contributed by atoms with van der Waals surface area (Å²) in [4.78, 5) is 17.8. The average Bonchev–Trinajstić information content (AvgIpc) is 2.73. The largest absolute Gasteiger partial charge is 0.341 e. The molecule has 0 bridgehead atoms. The van der Waals surface area contributed by atoms with Gasteiger partial charge in [-0.1, -0.05) is 31.0 Å². The van der Waals surface area contributed by atoms with E-state index in [9.17, 15) is 13.2 Å². The summed E-state index contributed by atoms with van der Waals surface area (Å²) in [6.07, 6.45) is 6.18. The standard InChI is InChI=1S/C22H35N3O3S/c1-3-13-24-14-5-4-8-21(24)22(26)25-15-6-7-19(17-25)16-23-29(27,28)20-11-9-18(2)10-12-20/h9-12,19,21,23H,3-8,13-17H2,1-2H3. The van der Waals surface area contributed by atoms with Crippen LogP contribution in [0.3, 0.4) is 0 Å². The Bertz CT molecular complexity index is 777. The van der Waals surface area contributed by atoms with Crippen molar-refractivity contribution in [2.24, 2.45) is 5.92 Å². The fourth-order valence-electron chi connectivity index (χ4n) is 4.50. The third-order valence-electron chi connectivity index (χ3n) is 6.13. The summed E-state index contributed by atoms with van der Waals surface area (Å²) in [5.41, 5.74) is 1.03. The Balaban J connectivity index is 1.57. The van der Waals surface area contributed by atoms with Gasteiger partial charge in [0.25, 0.3) is 0 Å². The monoisotopic (exact) mass is 421 g/mol. The molecule has 7 heteroatoms. The number of hydrogen-bond donors (Lipinski definition) is 1. The van der Waals surface area contributed by atoms with Gasteiger partial charge >= 0.3 is 0 Å². The van der Waals surface area contributed by atoms with Gasteiger partial charge in [0.1, 0.15) is 0 Å². The summed E-state index contributed by atoms with van der Waals surface area (Å²) in [7, 11) is -3.51. The van der Waals surface area contributed by atoms with Crippen LogP contribution in [0.5, 0.6) is 0 Å². The van der Waals surface area contributed by atoms with Crippen molar-refractivity contribution >= 4 is 15.9 Å². The van der Waals surface area contributed by atoms with Crippen molar-refractivity contribution in [3.05, 3.63) is 29.8 Å². The van der Waals surface area contributed by atoms with Gasteiger partial charge in [0, 0.05) is 19.6 Å². The minimum Gasteiger partial charge on any atom is -0.341 e. The normalized spacial score (nSPS) is 23.9. The number of benzene rings is 1. The van der Waals surface area contributed by atoms with E-state index in [1.165, 1.54) is 6.42 Å². The first-order chi connectivity index (χ1) is 13.9. The van der Waals surface area contributed by atoms with Gasteiger partial charge in [0.05, 0.1) is 10.9 Å². The molecule has 2 fully saturated rings. The number of nitrogens with zero attached hydrogens (tertiary/aromatic N) is 2. The zero-order valence-electron chi connectivity index (χ0n) is 17.8. The predicted octanol–water partition coefficient (Wildman–Crippen LogP) is 2.78. The van der Waals surface area contributed by atoms with Gasteiger partial charge in [-0.2, -0.15) is 0 Å². The SMILES string of the molecule is CCCN1CCCCC1C(=O)N1CCCC(CNS(=O)(=O)c2ccc(C)cc2)C1. The van der Waals surface area contributed by atoms with Crippen LogP contribution in [0.4, 0.5) is 0 Å². The highest BCUT2D eigenvalue weighted by molar-refractivity contribution is 7.89. The van der Waals surface area contributed by atoms with E-state index in [0.717, 1.165) is 57.3 Å². The average molecular weight is 422 g/mol. The molecular formula is C22H35N3O3S. The Morgan fingerprint density at radius 1 is 1.10 bits per heavy atom. The first kappa shape index (κ1) is 22.2. The van der Waals surface area contributed by atoms with Crippen molar-refractivity contribution in [2.45, 2.75) is 63.3 Å². The molecule has 29 heavy (non-hydrogen) atoms. The Labute approximate surface area is 175 Å². The van der Waals surface area contributed by atoms with Crippen molar-refractivity contribution in [1.29, 1.82) is 0 Å². The molecule has 1 amide bonds. The molecule has 6 nitrogen and oxygen atoms in total. The van der Waals surface area contributed by atoms with Crippen LogP contribution in [0.2, 0.25) is 0 Å². The van der Waals surface area contributed by atoms with E-state index in [4.69, 9.17) is 0 Å². The van der Waals surface area contributed by atoms with Gasteiger partial charge in [-0.25, -0.2) is 13.1 Å². The molecule has 0 spiro atoms. The topological polar surface area (TPSA) is 69.7 Å². The molecule has 1 aromatic rings. The molecule has 2 unspecified atom stereocenters. The summed E-state index contributed by atoms with van der Waals surface area (Å²) < 4.78 is 27.9. The molecule has 2 saturated heterocycles. The molecular weight excluding hydrogens is 386 g/mol. The van der Waals surface area contributed by atoms with Crippen LogP contribution in [0, 0.1) is 12.8 Å². The minimum atomic E-state index is -3.51. The first-order valence-electron chi connectivity index (χ1n) is 11.0. The lowest BCUT2D eigenvalue weighted by Crippen LogP contribution is -2.54. The van der Waals surface area contributed by atoms with Crippen LogP contribution in [-0.4, -0.2) is 62.9 Å². The quantitative estimate of drug-likeness (QED) is 0.735. The van der Waals surface area contributed by atoms with Crippen molar-refractivity contribution < 1.29 is 13.2 Å².